The van der Waals surface area contributed by atoms with Gasteiger partial charge in [-0.2, -0.15) is 8.42 Å². The lowest BCUT2D eigenvalue weighted by molar-refractivity contribution is 0.596. The zero-order valence-corrected chi connectivity index (χ0v) is 11.8. The van der Waals surface area contributed by atoms with Crippen LogP contribution in [0.3, 0.4) is 0 Å². The summed E-state index contributed by atoms with van der Waals surface area (Å²) in [5, 5.41) is 0.986. The van der Waals surface area contributed by atoms with Crippen molar-refractivity contribution in [1.29, 1.82) is 0 Å². The lowest BCUT2D eigenvalue weighted by Crippen LogP contribution is -2.22. The Balaban J connectivity index is 2.02. The van der Waals surface area contributed by atoms with Gasteiger partial charge in [-0.1, -0.05) is 30.3 Å². The maximum atomic E-state index is 12.4. The van der Waals surface area contributed by atoms with Crippen LogP contribution in [0.15, 0.2) is 65.7 Å². The highest BCUT2D eigenvalue weighted by Gasteiger charge is 2.14. The van der Waals surface area contributed by atoms with E-state index in [4.69, 9.17) is 0 Å². The van der Waals surface area contributed by atoms with Gasteiger partial charge < -0.3 is 0 Å². The predicted octanol–water partition coefficient (Wildman–Crippen LogP) is 2.88. The first kappa shape index (κ1) is 12.7. The molecule has 0 bridgehead atoms. The van der Waals surface area contributed by atoms with Crippen molar-refractivity contribution in [3.8, 4) is 0 Å². The third-order valence-corrected chi connectivity index (χ3v) is 4.43. The van der Waals surface area contributed by atoms with Gasteiger partial charge in [-0.25, -0.2) is 4.83 Å². The fraction of sp³-hybridized carbons (Fsp3) is 0.0667. The molecule has 0 spiro atoms. The maximum absolute atomic E-state index is 12.4. The van der Waals surface area contributed by atoms with E-state index < -0.39 is 10.0 Å². The minimum atomic E-state index is -3.58. The highest BCUT2D eigenvalue weighted by molar-refractivity contribution is 7.92. The highest BCUT2D eigenvalue weighted by atomic mass is 32.2. The van der Waals surface area contributed by atoms with E-state index in [1.807, 2.05) is 43.3 Å². The molecule has 20 heavy (non-hydrogen) atoms. The Kier molecular flexibility index (Phi) is 2.99. The standard InChI is InChI=1S/C15H14N2O2S/c1-12-5-4-7-14(11-12)20(18,19)16-17-10-9-13-6-2-3-8-15(13)17/h2-11,16H,1H3. The molecule has 1 N–H and O–H groups in total. The largest absolute Gasteiger partial charge is 0.275 e. The third kappa shape index (κ3) is 2.28. The van der Waals surface area contributed by atoms with Crippen LogP contribution >= 0.6 is 0 Å². The molecule has 0 saturated carbocycles. The second-order valence-corrected chi connectivity index (χ2v) is 6.32. The van der Waals surface area contributed by atoms with Crippen molar-refractivity contribution in [2.75, 3.05) is 4.83 Å². The molecule has 0 aliphatic carbocycles. The molecule has 0 amide bonds. The quantitative estimate of drug-likeness (QED) is 0.805. The summed E-state index contributed by atoms with van der Waals surface area (Å²) in [6, 6.07) is 16.3. The molecule has 0 radical (unpaired) electrons. The number of nitrogens with one attached hydrogen (secondary N) is 1. The second-order valence-electron chi connectivity index (χ2n) is 4.66. The molecule has 102 valence electrons. The molecule has 4 nitrogen and oxygen atoms in total. The number of fused-ring (bicyclic) bond motifs is 1. The molecule has 3 aromatic rings. The second kappa shape index (κ2) is 4.68. The van der Waals surface area contributed by atoms with Gasteiger partial charge in [0.15, 0.2) is 0 Å². The lowest BCUT2D eigenvalue weighted by atomic mass is 10.2. The van der Waals surface area contributed by atoms with Crippen LogP contribution in [0, 0.1) is 6.92 Å². The zero-order valence-electron chi connectivity index (χ0n) is 10.9. The van der Waals surface area contributed by atoms with E-state index in [0.29, 0.717) is 0 Å². The van der Waals surface area contributed by atoms with Gasteiger partial charge in [0.2, 0.25) is 0 Å². The lowest BCUT2D eigenvalue weighted by Gasteiger charge is -2.10. The number of benzene rings is 2. The number of rotatable bonds is 3. The Morgan fingerprint density at radius 1 is 1.00 bits per heavy atom. The Morgan fingerprint density at radius 2 is 1.80 bits per heavy atom. The summed E-state index contributed by atoms with van der Waals surface area (Å²) in [5.74, 6) is 0. The average molecular weight is 286 g/mol. The van der Waals surface area contributed by atoms with E-state index in [1.54, 1.807) is 24.4 Å². The van der Waals surface area contributed by atoms with E-state index in [0.717, 1.165) is 16.5 Å². The molecule has 0 saturated heterocycles. The van der Waals surface area contributed by atoms with Crippen LogP contribution in [-0.4, -0.2) is 13.1 Å². The Morgan fingerprint density at radius 3 is 2.60 bits per heavy atom. The highest BCUT2D eigenvalue weighted by Crippen LogP contribution is 2.16. The number of nitrogens with zero attached hydrogens (tertiary/aromatic N) is 1. The van der Waals surface area contributed by atoms with Crippen LogP contribution in [0.5, 0.6) is 0 Å². The van der Waals surface area contributed by atoms with Crippen molar-refractivity contribution in [3.63, 3.8) is 0 Å². The van der Waals surface area contributed by atoms with Crippen molar-refractivity contribution < 1.29 is 8.42 Å². The summed E-state index contributed by atoms with van der Waals surface area (Å²) in [4.78, 5) is 2.83. The van der Waals surface area contributed by atoms with Crippen LogP contribution in [0.1, 0.15) is 5.56 Å². The molecule has 0 aliphatic heterocycles. The molecule has 2 aromatic carbocycles. The monoisotopic (exact) mass is 286 g/mol. The van der Waals surface area contributed by atoms with Gasteiger partial charge in [0.1, 0.15) is 0 Å². The minimum absolute atomic E-state index is 0.260. The maximum Gasteiger partial charge on any atom is 0.275 e. The SMILES string of the molecule is Cc1cccc(S(=O)(=O)Nn2ccc3ccccc32)c1. The van der Waals surface area contributed by atoms with Crippen molar-refractivity contribution in [1.82, 2.24) is 4.68 Å². The zero-order chi connectivity index (χ0) is 14.2. The summed E-state index contributed by atoms with van der Waals surface area (Å²) in [5.41, 5.74) is 1.73. The smallest absolute Gasteiger partial charge is 0.253 e. The molecule has 0 fully saturated rings. The van der Waals surface area contributed by atoms with E-state index in [1.165, 1.54) is 4.68 Å². The fourth-order valence-corrected chi connectivity index (χ4v) is 3.25. The number of sulfonamides is 1. The van der Waals surface area contributed by atoms with Crippen LogP contribution in [0.25, 0.3) is 10.9 Å². The minimum Gasteiger partial charge on any atom is -0.253 e. The first-order chi connectivity index (χ1) is 9.56. The van der Waals surface area contributed by atoms with Gasteiger partial charge in [0.05, 0.1) is 10.4 Å². The van der Waals surface area contributed by atoms with Crippen molar-refractivity contribution in [3.05, 3.63) is 66.4 Å². The molecule has 3 rings (SSSR count). The number of hydrogen-bond acceptors (Lipinski definition) is 2. The van der Waals surface area contributed by atoms with Gasteiger partial charge in [-0.15, -0.1) is 0 Å². The van der Waals surface area contributed by atoms with E-state index in [2.05, 4.69) is 4.83 Å². The van der Waals surface area contributed by atoms with Crippen LogP contribution in [-0.2, 0) is 10.0 Å². The summed E-state index contributed by atoms with van der Waals surface area (Å²) in [6.07, 6.45) is 1.71. The van der Waals surface area contributed by atoms with Gasteiger partial charge in [-0.3, -0.25) is 4.68 Å². The van der Waals surface area contributed by atoms with E-state index >= 15 is 0 Å². The van der Waals surface area contributed by atoms with Gasteiger partial charge in [0, 0.05) is 11.6 Å². The predicted molar refractivity (Wildman–Crippen MR) is 79.7 cm³/mol. The van der Waals surface area contributed by atoms with Crippen LogP contribution in [0.4, 0.5) is 0 Å². The average Bonchev–Trinajstić information content (AvgIpc) is 2.82. The number of hydrogen-bond donors (Lipinski definition) is 1. The Bertz CT molecular complexity index is 866. The molecule has 1 heterocycles. The molecule has 0 unspecified atom stereocenters. The fourth-order valence-electron chi connectivity index (χ4n) is 2.13. The summed E-state index contributed by atoms with van der Waals surface area (Å²) in [7, 11) is -3.58. The van der Waals surface area contributed by atoms with E-state index in [9.17, 15) is 8.42 Å². The van der Waals surface area contributed by atoms with Gasteiger partial charge >= 0.3 is 0 Å². The molecule has 1 aromatic heterocycles. The number of para-hydroxylation sites is 1. The summed E-state index contributed by atoms with van der Waals surface area (Å²) in [6.45, 7) is 1.87. The normalized spacial score (nSPS) is 11.7. The van der Waals surface area contributed by atoms with Crippen LogP contribution in [0.2, 0.25) is 0 Å². The van der Waals surface area contributed by atoms with E-state index in [-0.39, 0.29) is 4.90 Å². The molecule has 0 aliphatic rings. The Hall–Kier alpha value is -2.27. The first-order valence-corrected chi connectivity index (χ1v) is 7.70. The topological polar surface area (TPSA) is 51.1 Å². The molecular formula is C15H14N2O2S. The van der Waals surface area contributed by atoms with Crippen LogP contribution < -0.4 is 4.83 Å². The number of aromatic nitrogens is 1. The molecule has 0 atom stereocenters. The Labute approximate surface area is 117 Å². The molecule has 5 heteroatoms. The van der Waals surface area contributed by atoms with Crippen molar-refractivity contribution in [2.45, 2.75) is 11.8 Å². The van der Waals surface area contributed by atoms with Crippen molar-refractivity contribution >= 4 is 20.9 Å². The third-order valence-electron chi connectivity index (χ3n) is 3.12. The number of aryl methyl sites for hydroxylation is 1. The molecular weight excluding hydrogens is 272 g/mol. The van der Waals surface area contributed by atoms with Gasteiger partial charge in [-0.05, 0) is 36.8 Å². The van der Waals surface area contributed by atoms with Gasteiger partial charge in [0.25, 0.3) is 10.0 Å². The summed E-state index contributed by atoms with van der Waals surface area (Å²) >= 11 is 0. The summed E-state index contributed by atoms with van der Waals surface area (Å²) < 4.78 is 26.2. The van der Waals surface area contributed by atoms with Crippen molar-refractivity contribution in [2.24, 2.45) is 0 Å². The first-order valence-electron chi connectivity index (χ1n) is 6.22.